The van der Waals surface area contributed by atoms with E-state index in [2.05, 4.69) is 0 Å². The maximum atomic E-state index is 10.6. The van der Waals surface area contributed by atoms with Crippen LogP contribution in [-0.4, -0.2) is 22.1 Å². The fraction of sp³-hybridized carbons (Fsp3) is 0.625. The van der Waals surface area contributed by atoms with Gasteiger partial charge in [-0.2, -0.15) is 0 Å². The summed E-state index contributed by atoms with van der Waals surface area (Å²) in [7, 11) is 0. The Balaban J connectivity index is 2.15. The molecule has 1 aliphatic heterocycles. The first-order chi connectivity index (χ1) is 5.29. The van der Waals surface area contributed by atoms with Crippen LogP contribution in [0, 0.1) is 5.92 Å². The van der Waals surface area contributed by atoms with Crippen LogP contribution in [0.1, 0.15) is 19.3 Å². The van der Waals surface area contributed by atoms with E-state index in [4.69, 9.17) is 5.11 Å². The Morgan fingerprint density at radius 3 is 3.09 bits per heavy atom. The minimum absolute atomic E-state index is 0.257. The van der Waals surface area contributed by atoms with Gasteiger partial charge >= 0.3 is 6.09 Å². The molecule has 2 atom stereocenters. The third-order valence-corrected chi connectivity index (χ3v) is 2.60. The van der Waals surface area contributed by atoms with Crippen molar-refractivity contribution in [3.63, 3.8) is 0 Å². The van der Waals surface area contributed by atoms with Crippen molar-refractivity contribution in [2.45, 2.75) is 25.3 Å². The quantitative estimate of drug-likeness (QED) is 0.575. The maximum Gasteiger partial charge on any atom is 0.411 e. The molecule has 2 aliphatic rings. The minimum atomic E-state index is -0.810. The number of carbonyl (C=O) groups is 1. The number of hydrogen-bond donors (Lipinski definition) is 1. The number of carboxylic acid groups (broad SMARTS) is 1. The highest BCUT2D eigenvalue weighted by atomic mass is 16.4. The van der Waals surface area contributed by atoms with E-state index in [0.29, 0.717) is 5.92 Å². The van der Waals surface area contributed by atoms with E-state index in [0.717, 1.165) is 12.8 Å². The second kappa shape index (κ2) is 2.26. The molecule has 1 amide bonds. The van der Waals surface area contributed by atoms with Crippen LogP contribution < -0.4 is 0 Å². The molecule has 60 valence electrons. The van der Waals surface area contributed by atoms with Gasteiger partial charge in [-0.15, -0.1) is 0 Å². The van der Waals surface area contributed by atoms with Crippen LogP contribution in [0.4, 0.5) is 4.79 Å². The van der Waals surface area contributed by atoms with E-state index in [9.17, 15) is 4.79 Å². The van der Waals surface area contributed by atoms with Crippen molar-refractivity contribution in [3.8, 4) is 0 Å². The van der Waals surface area contributed by atoms with Gasteiger partial charge in [0.05, 0.1) is 0 Å². The van der Waals surface area contributed by atoms with Crippen LogP contribution in [0.2, 0.25) is 0 Å². The number of amides is 1. The Labute approximate surface area is 65.3 Å². The molecule has 1 N–H and O–H groups in total. The first kappa shape index (κ1) is 6.70. The Bertz CT molecular complexity index is 212. The van der Waals surface area contributed by atoms with Gasteiger partial charge in [-0.25, -0.2) is 4.79 Å². The van der Waals surface area contributed by atoms with Crippen LogP contribution in [-0.2, 0) is 0 Å². The number of fused-ring (bicyclic) bond motifs is 1. The molecule has 1 saturated carbocycles. The molecular formula is C8H11NO2. The lowest BCUT2D eigenvalue weighted by Crippen LogP contribution is -2.32. The zero-order chi connectivity index (χ0) is 7.84. The molecule has 0 aromatic rings. The lowest BCUT2D eigenvalue weighted by atomic mass is 10.1. The van der Waals surface area contributed by atoms with Gasteiger partial charge in [-0.3, -0.25) is 4.90 Å². The fourth-order valence-corrected chi connectivity index (χ4v) is 2.06. The molecule has 0 saturated heterocycles. The molecule has 3 heteroatoms. The third-order valence-electron chi connectivity index (χ3n) is 2.60. The lowest BCUT2D eigenvalue weighted by Gasteiger charge is -2.19. The van der Waals surface area contributed by atoms with Gasteiger partial charge in [0.2, 0.25) is 0 Å². The topological polar surface area (TPSA) is 40.5 Å². The van der Waals surface area contributed by atoms with Gasteiger partial charge in [-0.1, -0.05) is 12.5 Å². The summed E-state index contributed by atoms with van der Waals surface area (Å²) in [6, 6.07) is 0.257. The standard InChI is InChI=1S/C8H11NO2/c10-8(11)9-5-4-6-2-1-3-7(6)9/h4-7H,1-3H2,(H,10,11). The summed E-state index contributed by atoms with van der Waals surface area (Å²) in [5.41, 5.74) is 0. The molecule has 0 aromatic heterocycles. The van der Waals surface area contributed by atoms with Crippen LogP contribution in [0.15, 0.2) is 12.3 Å². The molecule has 0 spiro atoms. The summed E-state index contributed by atoms with van der Waals surface area (Å²) < 4.78 is 0. The van der Waals surface area contributed by atoms with Crippen LogP contribution >= 0.6 is 0 Å². The second-order valence-electron chi connectivity index (χ2n) is 3.19. The van der Waals surface area contributed by atoms with Crippen molar-refractivity contribution < 1.29 is 9.90 Å². The Hall–Kier alpha value is -0.990. The SMILES string of the molecule is O=C(O)N1C=CC2CCCC21. The van der Waals surface area contributed by atoms with Crippen molar-refractivity contribution in [1.82, 2.24) is 4.90 Å². The molecule has 11 heavy (non-hydrogen) atoms. The van der Waals surface area contributed by atoms with Gasteiger partial charge < -0.3 is 5.11 Å². The van der Waals surface area contributed by atoms with Gasteiger partial charge in [0.1, 0.15) is 0 Å². The third kappa shape index (κ3) is 0.914. The summed E-state index contributed by atoms with van der Waals surface area (Å²) in [5.74, 6) is 0.506. The van der Waals surface area contributed by atoms with E-state index in [-0.39, 0.29) is 6.04 Å². The minimum Gasteiger partial charge on any atom is -0.465 e. The van der Waals surface area contributed by atoms with E-state index >= 15 is 0 Å². The Morgan fingerprint density at radius 1 is 1.55 bits per heavy atom. The normalized spacial score (nSPS) is 34.4. The second-order valence-corrected chi connectivity index (χ2v) is 3.19. The maximum absolute atomic E-state index is 10.6. The number of hydrogen-bond acceptors (Lipinski definition) is 1. The molecular weight excluding hydrogens is 142 g/mol. The van der Waals surface area contributed by atoms with Crippen molar-refractivity contribution >= 4 is 6.09 Å². The Morgan fingerprint density at radius 2 is 2.36 bits per heavy atom. The summed E-state index contributed by atoms with van der Waals surface area (Å²) in [6.07, 6.45) is 6.27. The first-order valence-electron chi connectivity index (χ1n) is 3.98. The molecule has 0 bridgehead atoms. The van der Waals surface area contributed by atoms with E-state index in [1.54, 1.807) is 6.20 Å². The molecule has 2 unspecified atom stereocenters. The number of rotatable bonds is 0. The van der Waals surface area contributed by atoms with Crippen LogP contribution in [0.25, 0.3) is 0 Å². The zero-order valence-electron chi connectivity index (χ0n) is 6.23. The Kier molecular flexibility index (Phi) is 1.37. The molecule has 0 radical (unpaired) electrons. The summed E-state index contributed by atoms with van der Waals surface area (Å²) in [5, 5.41) is 8.74. The van der Waals surface area contributed by atoms with Crippen molar-refractivity contribution in [2.75, 3.05) is 0 Å². The molecule has 1 heterocycles. The average molecular weight is 153 g/mol. The fourth-order valence-electron chi connectivity index (χ4n) is 2.06. The largest absolute Gasteiger partial charge is 0.465 e. The molecule has 2 rings (SSSR count). The predicted molar refractivity (Wildman–Crippen MR) is 40.1 cm³/mol. The molecule has 1 aliphatic carbocycles. The van der Waals surface area contributed by atoms with Crippen molar-refractivity contribution in [3.05, 3.63) is 12.3 Å². The van der Waals surface area contributed by atoms with E-state index in [1.807, 2.05) is 6.08 Å². The van der Waals surface area contributed by atoms with Crippen LogP contribution in [0.5, 0.6) is 0 Å². The lowest BCUT2D eigenvalue weighted by molar-refractivity contribution is 0.149. The summed E-state index contributed by atoms with van der Waals surface area (Å²) >= 11 is 0. The molecule has 1 fully saturated rings. The summed E-state index contributed by atoms with van der Waals surface area (Å²) in [6.45, 7) is 0. The van der Waals surface area contributed by atoms with Crippen molar-refractivity contribution in [2.24, 2.45) is 5.92 Å². The van der Waals surface area contributed by atoms with Gasteiger partial charge in [-0.05, 0) is 18.8 Å². The highest BCUT2D eigenvalue weighted by molar-refractivity contribution is 5.67. The highest BCUT2D eigenvalue weighted by Crippen LogP contribution is 2.35. The van der Waals surface area contributed by atoms with Gasteiger partial charge in [0.25, 0.3) is 0 Å². The highest BCUT2D eigenvalue weighted by Gasteiger charge is 2.36. The van der Waals surface area contributed by atoms with E-state index in [1.165, 1.54) is 11.3 Å². The van der Waals surface area contributed by atoms with Gasteiger partial charge in [0.15, 0.2) is 0 Å². The van der Waals surface area contributed by atoms with E-state index < -0.39 is 6.09 Å². The zero-order valence-corrected chi connectivity index (χ0v) is 6.23. The smallest absolute Gasteiger partial charge is 0.411 e. The van der Waals surface area contributed by atoms with Crippen LogP contribution in [0.3, 0.4) is 0 Å². The van der Waals surface area contributed by atoms with Gasteiger partial charge in [0, 0.05) is 12.2 Å². The predicted octanol–water partition coefficient (Wildman–Crippen LogP) is 1.66. The first-order valence-corrected chi connectivity index (χ1v) is 3.98. The van der Waals surface area contributed by atoms with Crippen molar-refractivity contribution in [1.29, 1.82) is 0 Å². The number of nitrogens with zero attached hydrogens (tertiary/aromatic N) is 1. The summed E-state index contributed by atoms with van der Waals surface area (Å²) in [4.78, 5) is 12.1. The average Bonchev–Trinajstić information content (AvgIpc) is 2.41. The molecule has 0 aromatic carbocycles. The molecule has 3 nitrogen and oxygen atoms in total. The monoisotopic (exact) mass is 153 g/mol.